The Kier molecular flexibility index (Phi) is 4.19. The summed E-state index contributed by atoms with van der Waals surface area (Å²) in [4.78, 5) is 5.08. The van der Waals surface area contributed by atoms with Crippen LogP contribution in [0.2, 0.25) is 0 Å². The van der Waals surface area contributed by atoms with E-state index in [9.17, 15) is 0 Å². The average Bonchev–Trinajstić information content (AvgIpc) is 3.65. The van der Waals surface area contributed by atoms with Crippen molar-refractivity contribution in [2.75, 3.05) is 0 Å². The first kappa shape index (κ1) is 20.1. The zero-order valence-electron chi connectivity index (χ0n) is 19.8. The van der Waals surface area contributed by atoms with Crippen LogP contribution < -0.4 is 0 Å². The third-order valence-electron chi connectivity index (χ3n) is 7.10. The first-order chi connectivity index (χ1) is 18.3. The minimum atomic E-state index is 0.834. The molecule has 0 N–H and O–H groups in total. The lowest BCUT2D eigenvalue weighted by Crippen LogP contribution is -1.97. The molecule has 8 rings (SSSR count). The van der Waals surface area contributed by atoms with E-state index in [1.54, 1.807) is 0 Å². The Morgan fingerprint density at radius 1 is 0.568 bits per heavy atom. The van der Waals surface area contributed by atoms with Crippen LogP contribution in [-0.4, -0.2) is 9.55 Å². The summed E-state index contributed by atoms with van der Waals surface area (Å²) in [7, 11) is 0. The van der Waals surface area contributed by atoms with Crippen LogP contribution >= 0.6 is 0 Å². The number of hydrogen-bond acceptors (Lipinski definition) is 3. The Labute approximate surface area is 212 Å². The van der Waals surface area contributed by atoms with Crippen molar-refractivity contribution in [3.05, 3.63) is 122 Å². The number of fused-ring (bicyclic) bond motifs is 5. The molecule has 5 aromatic carbocycles. The summed E-state index contributed by atoms with van der Waals surface area (Å²) in [5.41, 5.74) is 8.78. The van der Waals surface area contributed by atoms with Gasteiger partial charge in [0.25, 0.3) is 0 Å². The van der Waals surface area contributed by atoms with E-state index < -0.39 is 0 Å². The topological polar surface area (TPSA) is 44.1 Å². The van der Waals surface area contributed by atoms with Crippen LogP contribution in [0.5, 0.6) is 0 Å². The van der Waals surface area contributed by atoms with Gasteiger partial charge in [0.2, 0.25) is 0 Å². The first-order valence-electron chi connectivity index (χ1n) is 12.3. The van der Waals surface area contributed by atoms with Gasteiger partial charge in [-0.1, -0.05) is 66.7 Å². The number of imidazole rings is 1. The molecule has 8 aromatic rings. The van der Waals surface area contributed by atoms with Crippen molar-refractivity contribution in [3.8, 4) is 28.2 Å². The summed E-state index contributed by atoms with van der Waals surface area (Å²) >= 11 is 0. The fraction of sp³-hybridized carbons (Fsp3) is 0. The van der Waals surface area contributed by atoms with Crippen molar-refractivity contribution in [3.63, 3.8) is 0 Å². The summed E-state index contributed by atoms with van der Waals surface area (Å²) < 4.78 is 14.4. The number of aromatic nitrogens is 2. The maximum absolute atomic E-state index is 6.22. The molecule has 0 radical (unpaired) electrons. The van der Waals surface area contributed by atoms with Crippen molar-refractivity contribution in [1.29, 1.82) is 0 Å². The van der Waals surface area contributed by atoms with E-state index in [1.165, 1.54) is 5.56 Å². The molecule has 0 aliphatic carbocycles. The molecular formula is C33H20N2O2. The second-order valence-corrected chi connectivity index (χ2v) is 9.26. The largest absolute Gasteiger partial charge is 0.464 e. The van der Waals surface area contributed by atoms with E-state index in [0.29, 0.717) is 0 Å². The van der Waals surface area contributed by atoms with Crippen LogP contribution in [0, 0.1) is 0 Å². The van der Waals surface area contributed by atoms with Crippen molar-refractivity contribution >= 4 is 43.9 Å². The van der Waals surface area contributed by atoms with Gasteiger partial charge in [0.15, 0.2) is 0 Å². The summed E-state index contributed by atoms with van der Waals surface area (Å²) in [6.07, 6.45) is 1.82. The maximum Gasteiger partial charge on any atom is 0.149 e. The Hall–Kier alpha value is -5.09. The van der Waals surface area contributed by atoms with E-state index in [-0.39, 0.29) is 0 Å². The number of rotatable bonds is 3. The van der Waals surface area contributed by atoms with E-state index >= 15 is 0 Å². The zero-order valence-corrected chi connectivity index (χ0v) is 19.8. The maximum atomic E-state index is 6.22. The second kappa shape index (κ2) is 7.70. The van der Waals surface area contributed by atoms with Crippen molar-refractivity contribution in [2.45, 2.75) is 0 Å². The number of hydrogen-bond donors (Lipinski definition) is 0. The molecule has 0 spiro atoms. The zero-order chi connectivity index (χ0) is 24.3. The van der Waals surface area contributed by atoms with Gasteiger partial charge in [-0.3, -0.25) is 4.57 Å². The number of para-hydroxylation sites is 3. The lowest BCUT2D eigenvalue weighted by Gasteiger charge is -2.09. The highest BCUT2D eigenvalue weighted by atomic mass is 16.3. The quantitative estimate of drug-likeness (QED) is 0.255. The summed E-state index contributed by atoms with van der Waals surface area (Å²) in [5, 5.41) is 3.25. The molecule has 4 heteroatoms. The van der Waals surface area contributed by atoms with Gasteiger partial charge in [0.1, 0.15) is 28.8 Å². The highest BCUT2D eigenvalue weighted by Gasteiger charge is 2.20. The van der Waals surface area contributed by atoms with Crippen LogP contribution in [0.15, 0.2) is 130 Å². The Balaban J connectivity index is 1.38. The van der Waals surface area contributed by atoms with Gasteiger partial charge in [-0.05, 0) is 53.6 Å². The van der Waals surface area contributed by atoms with E-state index in [2.05, 4.69) is 71.3 Å². The van der Waals surface area contributed by atoms with Crippen LogP contribution in [0.3, 0.4) is 0 Å². The standard InChI is InChI=1S/C33H20N2O2/c1-2-8-21(9-3-1)22-14-17-30-26(18-22)27(20-36-30)33-34-28-11-5-6-12-29(28)35(33)23-15-16-25-24-10-4-7-13-31(24)37-32(25)19-23/h1-20H. The molecule has 0 aliphatic heterocycles. The summed E-state index contributed by atoms with van der Waals surface area (Å²) in [6, 6.07) is 39.5. The Morgan fingerprint density at radius 3 is 2.32 bits per heavy atom. The normalized spacial score (nSPS) is 11.8. The predicted octanol–water partition coefficient (Wildman–Crippen LogP) is 9.01. The predicted molar refractivity (Wildman–Crippen MR) is 149 cm³/mol. The third kappa shape index (κ3) is 3.06. The molecule has 37 heavy (non-hydrogen) atoms. The van der Waals surface area contributed by atoms with Crippen molar-refractivity contribution in [1.82, 2.24) is 9.55 Å². The molecule has 0 aliphatic rings. The van der Waals surface area contributed by atoms with Crippen LogP contribution in [0.4, 0.5) is 0 Å². The highest BCUT2D eigenvalue weighted by molar-refractivity contribution is 6.05. The van der Waals surface area contributed by atoms with E-state index in [0.717, 1.165) is 66.6 Å². The highest BCUT2D eigenvalue weighted by Crippen LogP contribution is 2.38. The monoisotopic (exact) mass is 476 g/mol. The van der Waals surface area contributed by atoms with E-state index in [4.69, 9.17) is 13.8 Å². The molecule has 0 atom stereocenters. The Bertz CT molecular complexity index is 2090. The first-order valence-corrected chi connectivity index (χ1v) is 12.3. The lowest BCUT2D eigenvalue weighted by atomic mass is 10.0. The van der Waals surface area contributed by atoms with Crippen LogP contribution in [0.1, 0.15) is 0 Å². The minimum absolute atomic E-state index is 0.834. The van der Waals surface area contributed by atoms with Gasteiger partial charge < -0.3 is 8.83 Å². The smallest absolute Gasteiger partial charge is 0.149 e. The molecule has 174 valence electrons. The van der Waals surface area contributed by atoms with Gasteiger partial charge in [-0.2, -0.15) is 0 Å². The number of furan rings is 2. The summed E-state index contributed by atoms with van der Waals surface area (Å²) in [5.74, 6) is 0.834. The molecule has 0 saturated carbocycles. The minimum Gasteiger partial charge on any atom is -0.464 e. The molecule has 0 amide bonds. The van der Waals surface area contributed by atoms with Crippen LogP contribution in [0.25, 0.3) is 72.1 Å². The molecular weight excluding hydrogens is 456 g/mol. The van der Waals surface area contributed by atoms with Gasteiger partial charge in [0, 0.05) is 22.2 Å². The summed E-state index contributed by atoms with van der Waals surface area (Å²) in [6.45, 7) is 0. The molecule has 0 bridgehead atoms. The molecule has 4 nitrogen and oxygen atoms in total. The average molecular weight is 477 g/mol. The SMILES string of the molecule is c1ccc(-c2ccc3occ(-c4nc5ccccc5n4-c4ccc5c(c4)oc4ccccc45)c3c2)cc1. The van der Waals surface area contributed by atoms with E-state index in [1.807, 2.05) is 54.8 Å². The van der Waals surface area contributed by atoms with Crippen molar-refractivity contribution < 1.29 is 8.83 Å². The fourth-order valence-electron chi connectivity index (χ4n) is 5.33. The molecule has 0 saturated heterocycles. The molecule has 3 aromatic heterocycles. The van der Waals surface area contributed by atoms with Gasteiger partial charge >= 0.3 is 0 Å². The molecule has 0 unspecified atom stereocenters. The Morgan fingerprint density at radius 2 is 1.38 bits per heavy atom. The molecule has 0 fully saturated rings. The third-order valence-corrected chi connectivity index (χ3v) is 7.10. The number of nitrogens with zero attached hydrogens (tertiary/aromatic N) is 2. The second-order valence-electron chi connectivity index (χ2n) is 9.26. The number of benzene rings is 5. The van der Waals surface area contributed by atoms with Gasteiger partial charge in [-0.15, -0.1) is 0 Å². The fourth-order valence-corrected chi connectivity index (χ4v) is 5.33. The lowest BCUT2D eigenvalue weighted by molar-refractivity contribution is 0.616. The molecule has 3 heterocycles. The van der Waals surface area contributed by atoms with Crippen molar-refractivity contribution in [2.24, 2.45) is 0 Å². The van der Waals surface area contributed by atoms with Gasteiger partial charge in [-0.25, -0.2) is 4.98 Å². The van der Waals surface area contributed by atoms with Gasteiger partial charge in [0.05, 0.1) is 22.3 Å². The van der Waals surface area contributed by atoms with Crippen LogP contribution in [-0.2, 0) is 0 Å².